The summed E-state index contributed by atoms with van der Waals surface area (Å²) in [4.78, 5) is 52.0. The number of ether oxygens (including phenoxy) is 1. The van der Waals surface area contributed by atoms with Crippen molar-refractivity contribution in [2.75, 3.05) is 23.4 Å². The van der Waals surface area contributed by atoms with Crippen LogP contribution in [0.25, 0.3) is 0 Å². The standard InChI is InChI=1S/C18H18N4O6S/c1-11-13(4-2-5-14(11)22(26)27)20-15(23)9-28-17(25)8-12-10-29-18(19-12)21-7-3-6-16(21)24/h2,4-5,10H,3,6-9H2,1H3,(H,20,23). The quantitative estimate of drug-likeness (QED) is 0.414. The van der Waals surface area contributed by atoms with Crippen LogP contribution in [-0.2, 0) is 25.5 Å². The van der Waals surface area contributed by atoms with E-state index in [1.165, 1.54) is 36.5 Å². The highest BCUT2D eigenvalue weighted by atomic mass is 32.1. The second-order valence-corrected chi connectivity index (χ2v) is 7.20. The minimum atomic E-state index is -0.638. The summed E-state index contributed by atoms with van der Waals surface area (Å²) in [7, 11) is 0. The van der Waals surface area contributed by atoms with Crippen molar-refractivity contribution in [3.8, 4) is 0 Å². The van der Waals surface area contributed by atoms with Gasteiger partial charge in [0.25, 0.3) is 11.6 Å². The smallest absolute Gasteiger partial charge is 0.312 e. The summed E-state index contributed by atoms with van der Waals surface area (Å²) in [5.74, 6) is -1.23. The first-order valence-corrected chi connectivity index (χ1v) is 9.67. The number of carbonyl (C=O) groups is 3. The Bertz CT molecular complexity index is 973. The number of nitrogens with zero attached hydrogens (tertiary/aromatic N) is 3. The third-order valence-electron chi connectivity index (χ3n) is 4.31. The van der Waals surface area contributed by atoms with E-state index in [1.807, 2.05) is 0 Å². The highest BCUT2D eigenvalue weighted by Gasteiger charge is 2.24. The number of anilines is 2. The van der Waals surface area contributed by atoms with Crippen LogP contribution in [0.2, 0.25) is 0 Å². The highest BCUT2D eigenvalue weighted by Crippen LogP contribution is 2.26. The van der Waals surface area contributed by atoms with E-state index in [9.17, 15) is 24.5 Å². The maximum atomic E-state index is 12.0. The van der Waals surface area contributed by atoms with Crippen molar-refractivity contribution in [1.29, 1.82) is 0 Å². The van der Waals surface area contributed by atoms with E-state index in [1.54, 1.807) is 10.3 Å². The normalized spacial score (nSPS) is 13.4. The summed E-state index contributed by atoms with van der Waals surface area (Å²) in [5.41, 5.74) is 0.934. The zero-order chi connectivity index (χ0) is 21.0. The van der Waals surface area contributed by atoms with E-state index >= 15 is 0 Å². The van der Waals surface area contributed by atoms with E-state index < -0.39 is 23.4 Å². The average molecular weight is 418 g/mol. The molecule has 11 heteroatoms. The van der Waals surface area contributed by atoms with Gasteiger partial charge in [-0.3, -0.25) is 29.4 Å². The molecule has 1 fully saturated rings. The summed E-state index contributed by atoms with van der Waals surface area (Å²) in [6.07, 6.45) is 1.16. The summed E-state index contributed by atoms with van der Waals surface area (Å²) < 4.78 is 4.95. The number of amides is 2. The Labute approximate surface area is 169 Å². The number of esters is 1. The van der Waals surface area contributed by atoms with Crippen molar-refractivity contribution in [2.45, 2.75) is 26.2 Å². The van der Waals surface area contributed by atoms with Crippen molar-refractivity contribution in [2.24, 2.45) is 0 Å². The molecule has 1 aliphatic rings. The molecule has 0 unspecified atom stereocenters. The van der Waals surface area contributed by atoms with Crippen LogP contribution in [0.4, 0.5) is 16.5 Å². The topological polar surface area (TPSA) is 132 Å². The molecule has 0 bridgehead atoms. The van der Waals surface area contributed by atoms with Crippen molar-refractivity contribution in [1.82, 2.24) is 4.98 Å². The lowest BCUT2D eigenvalue weighted by Crippen LogP contribution is -2.23. The lowest BCUT2D eigenvalue weighted by atomic mass is 10.1. The van der Waals surface area contributed by atoms with E-state index in [4.69, 9.17) is 4.74 Å². The minimum absolute atomic E-state index is 0.0154. The van der Waals surface area contributed by atoms with Crippen LogP contribution >= 0.6 is 11.3 Å². The molecule has 1 aromatic carbocycles. The molecule has 1 aromatic heterocycles. The van der Waals surface area contributed by atoms with E-state index in [2.05, 4.69) is 10.3 Å². The molecule has 0 spiro atoms. The Morgan fingerprint density at radius 3 is 2.90 bits per heavy atom. The van der Waals surface area contributed by atoms with Gasteiger partial charge in [-0.2, -0.15) is 0 Å². The molecular weight excluding hydrogens is 400 g/mol. The number of rotatable bonds is 7. The molecule has 1 N–H and O–H groups in total. The van der Waals surface area contributed by atoms with Gasteiger partial charge < -0.3 is 10.1 Å². The second kappa shape index (κ2) is 8.78. The molecule has 152 valence electrons. The van der Waals surface area contributed by atoms with Crippen molar-refractivity contribution >= 4 is 45.6 Å². The zero-order valence-corrected chi connectivity index (χ0v) is 16.4. The van der Waals surface area contributed by atoms with Crippen LogP contribution in [0, 0.1) is 17.0 Å². The van der Waals surface area contributed by atoms with Crippen molar-refractivity contribution in [3.05, 3.63) is 45.0 Å². The maximum Gasteiger partial charge on any atom is 0.312 e. The van der Waals surface area contributed by atoms with Gasteiger partial charge in [0.1, 0.15) is 0 Å². The van der Waals surface area contributed by atoms with E-state index in [0.29, 0.717) is 29.4 Å². The Kier molecular flexibility index (Phi) is 6.17. The number of nitro benzene ring substituents is 1. The van der Waals surface area contributed by atoms with Gasteiger partial charge in [0.15, 0.2) is 11.7 Å². The Balaban J connectivity index is 1.50. The molecule has 0 radical (unpaired) electrons. The fraction of sp³-hybridized carbons (Fsp3) is 0.333. The van der Waals surface area contributed by atoms with Crippen LogP contribution < -0.4 is 10.2 Å². The number of nitrogens with one attached hydrogen (secondary N) is 1. The van der Waals surface area contributed by atoms with Crippen LogP contribution in [0.1, 0.15) is 24.1 Å². The zero-order valence-electron chi connectivity index (χ0n) is 15.5. The third kappa shape index (κ3) is 4.93. The molecule has 1 saturated heterocycles. The van der Waals surface area contributed by atoms with Gasteiger partial charge in [-0.1, -0.05) is 6.07 Å². The van der Waals surface area contributed by atoms with Gasteiger partial charge in [0, 0.05) is 24.4 Å². The Hall–Kier alpha value is -3.34. The molecule has 10 nitrogen and oxygen atoms in total. The molecule has 0 saturated carbocycles. The molecule has 29 heavy (non-hydrogen) atoms. The summed E-state index contributed by atoms with van der Waals surface area (Å²) >= 11 is 1.28. The fourth-order valence-corrected chi connectivity index (χ4v) is 3.71. The molecule has 0 aliphatic carbocycles. The average Bonchev–Trinajstić information content (AvgIpc) is 3.30. The van der Waals surface area contributed by atoms with Crippen LogP contribution in [-0.4, -0.2) is 40.8 Å². The molecule has 0 atom stereocenters. The number of nitro groups is 1. The third-order valence-corrected chi connectivity index (χ3v) is 5.22. The van der Waals surface area contributed by atoms with Gasteiger partial charge in [-0.25, -0.2) is 4.98 Å². The largest absolute Gasteiger partial charge is 0.455 e. The number of benzene rings is 1. The maximum absolute atomic E-state index is 12.0. The predicted octanol–water partition coefficient (Wildman–Crippen LogP) is 2.21. The summed E-state index contributed by atoms with van der Waals surface area (Å²) in [6.45, 7) is 1.61. The minimum Gasteiger partial charge on any atom is -0.455 e. The Morgan fingerprint density at radius 1 is 1.41 bits per heavy atom. The van der Waals surface area contributed by atoms with Crippen LogP contribution in [0.15, 0.2) is 23.6 Å². The summed E-state index contributed by atoms with van der Waals surface area (Å²) in [6, 6.07) is 4.32. The van der Waals surface area contributed by atoms with E-state index in [-0.39, 0.29) is 23.7 Å². The van der Waals surface area contributed by atoms with Gasteiger partial charge in [-0.15, -0.1) is 11.3 Å². The second-order valence-electron chi connectivity index (χ2n) is 6.36. The first-order chi connectivity index (χ1) is 13.8. The fourth-order valence-electron chi connectivity index (χ4n) is 2.84. The van der Waals surface area contributed by atoms with Gasteiger partial charge in [-0.05, 0) is 19.4 Å². The highest BCUT2D eigenvalue weighted by molar-refractivity contribution is 7.14. The first-order valence-electron chi connectivity index (χ1n) is 8.79. The van der Waals surface area contributed by atoms with Gasteiger partial charge in [0.05, 0.1) is 28.3 Å². The number of aromatic nitrogens is 1. The lowest BCUT2D eigenvalue weighted by molar-refractivity contribution is -0.385. The summed E-state index contributed by atoms with van der Waals surface area (Å²) in [5, 5.41) is 15.7. The number of hydrogen-bond donors (Lipinski definition) is 1. The first kappa shape index (κ1) is 20.4. The predicted molar refractivity (Wildman–Crippen MR) is 105 cm³/mol. The van der Waals surface area contributed by atoms with Crippen LogP contribution in [0.5, 0.6) is 0 Å². The van der Waals surface area contributed by atoms with Gasteiger partial charge in [0.2, 0.25) is 5.91 Å². The molecule has 1 aliphatic heterocycles. The molecule has 2 heterocycles. The van der Waals surface area contributed by atoms with E-state index in [0.717, 1.165) is 6.42 Å². The molecule has 2 amide bonds. The SMILES string of the molecule is Cc1c(NC(=O)COC(=O)Cc2csc(N3CCCC3=O)n2)cccc1[N+](=O)[O-]. The number of carbonyl (C=O) groups excluding carboxylic acids is 3. The van der Waals surface area contributed by atoms with Crippen molar-refractivity contribution < 1.29 is 24.0 Å². The number of thiazole rings is 1. The van der Waals surface area contributed by atoms with Crippen molar-refractivity contribution in [3.63, 3.8) is 0 Å². The lowest BCUT2D eigenvalue weighted by Gasteiger charge is -2.10. The van der Waals surface area contributed by atoms with Gasteiger partial charge >= 0.3 is 5.97 Å². The Morgan fingerprint density at radius 2 is 2.21 bits per heavy atom. The molecule has 2 aromatic rings. The van der Waals surface area contributed by atoms with Crippen LogP contribution in [0.3, 0.4) is 0 Å². The number of hydrogen-bond acceptors (Lipinski definition) is 8. The molecule has 3 rings (SSSR count). The monoisotopic (exact) mass is 418 g/mol. The molecular formula is C18H18N4O6S.